The molecule has 3 aromatic rings. The number of rotatable bonds is 11. The first kappa shape index (κ1) is 25.0. The molecule has 1 fully saturated rings. The summed E-state index contributed by atoms with van der Waals surface area (Å²) in [6.07, 6.45) is 6.78. The molecule has 8 nitrogen and oxygen atoms in total. The molecular formula is C28H31N3O5. The monoisotopic (exact) mass is 489 g/mol. The quantitative estimate of drug-likeness (QED) is 0.241. The number of benzene rings is 2. The lowest BCUT2D eigenvalue weighted by Gasteiger charge is -2.25. The molecule has 1 aliphatic heterocycles. The van der Waals surface area contributed by atoms with E-state index in [9.17, 15) is 14.7 Å². The van der Waals surface area contributed by atoms with Gasteiger partial charge in [0.05, 0.1) is 31.2 Å². The molecule has 188 valence electrons. The SMILES string of the molecule is CCCOc1ccc([C@@H]2/C(=C(\O)c3ccc(OCC)cc3)C(=O)C(=O)N2CCCn2ccnc2)cc1. The molecule has 1 aromatic heterocycles. The van der Waals surface area contributed by atoms with Crippen LogP contribution in [0, 0.1) is 0 Å². The second-order valence-electron chi connectivity index (χ2n) is 8.52. The maximum Gasteiger partial charge on any atom is 0.295 e. The molecule has 36 heavy (non-hydrogen) atoms. The van der Waals surface area contributed by atoms with Crippen LogP contribution in [-0.4, -0.2) is 51.0 Å². The topological polar surface area (TPSA) is 93.9 Å². The Kier molecular flexibility index (Phi) is 8.05. The number of likely N-dealkylation sites (tertiary alicyclic amines) is 1. The van der Waals surface area contributed by atoms with Crippen LogP contribution in [0.5, 0.6) is 11.5 Å². The zero-order valence-corrected chi connectivity index (χ0v) is 20.6. The largest absolute Gasteiger partial charge is 0.507 e. The number of Topliss-reactive ketones (excluding diaryl/α,β-unsaturated/α-hetero) is 1. The minimum Gasteiger partial charge on any atom is -0.507 e. The summed E-state index contributed by atoms with van der Waals surface area (Å²) in [5.41, 5.74) is 1.25. The molecule has 0 aliphatic carbocycles. The molecule has 8 heteroatoms. The molecule has 2 heterocycles. The highest BCUT2D eigenvalue weighted by Gasteiger charge is 2.45. The summed E-state index contributed by atoms with van der Waals surface area (Å²) in [6, 6.07) is 13.5. The van der Waals surface area contributed by atoms with E-state index in [2.05, 4.69) is 4.98 Å². The Bertz CT molecular complexity index is 1200. The Morgan fingerprint density at radius 2 is 1.67 bits per heavy atom. The Morgan fingerprint density at radius 3 is 2.31 bits per heavy atom. The number of aliphatic hydroxyl groups excluding tert-OH is 1. The van der Waals surface area contributed by atoms with E-state index >= 15 is 0 Å². The highest BCUT2D eigenvalue weighted by Crippen LogP contribution is 2.40. The molecule has 1 N–H and O–H groups in total. The molecular weight excluding hydrogens is 458 g/mol. The number of carbonyl (C=O) groups is 2. The van der Waals surface area contributed by atoms with E-state index in [1.807, 2.05) is 48.9 Å². The van der Waals surface area contributed by atoms with Gasteiger partial charge in [0, 0.05) is 31.0 Å². The fourth-order valence-electron chi connectivity index (χ4n) is 4.30. The van der Waals surface area contributed by atoms with Gasteiger partial charge in [-0.05, 0) is 61.7 Å². The van der Waals surface area contributed by atoms with Crippen LogP contribution in [0.2, 0.25) is 0 Å². The Hall–Kier alpha value is -4.07. The summed E-state index contributed by atoms with van der Waals surface area (Å²) in [4.78, 5) is 31.9. The van der Waals surface area contributed by atoms with Gasteiger partial charge in [-0.15, -0.1) is 0 Å². The molecule has 1 atom stereocenters. The number of nitrogens with zero attached hydrogens (tertiary/aromatic N) is 3. The lowest BCUT2D eigenvalue weighted by Crippen LogP contribution is -2.31. The molecule has 1 amide bonds. The van der Waals surface area contributed by atoms with Gasteiger partial charge in [-0.25, -0.2) is 4.98 Å². The third kappa shape index (κ3) is 5.43. The number of ether oxygens (including phenoxy) is 2. The van der Waals surface area contributed by atoms with Gasteiger partial charge in [-0.2, -0.15) is 0 Å². The van der Waals surface area contributed by atoms with Crippen LogP contribution in [0.15, 0.2) is 72.8 Å². The number of hydrogen-bond donors (Lipinski definition) is 1. The lowest BCUT2D eigenvalue weighted by molar-refractivity contribution is -0.139. The number of carbonyl (C=O) groups excluding carboxylic acids is 2. The Morgan fingerprint density at radius 1 is 0.972 bits per heavy atom. The molecule has 0 radical (unpaired) electrons. The molecule has 0 bridgehead atoms. The van der Waals surface area contributed by atoms with Crippen molar-refractivity contribution in [1.82, 2.24) is 14.5 Å². The summed E-state index contributed by atoms with van der Waals surface area (Å²) in [5, 5.41) is 11.2. The predicted octanol–water partition coefficient (Wildman–Crippen LogP) is 4.58. The summed E-state index contributed by atoms with van der Waals surface area (Å²) in [6.45, 7) is 6.05. The second-order valence-corrected chi connectivity index (χ2v) is 8.52. The third-order valence-corrected chi connectivity index (χ3v) is 6.02. The van der Waals surface area contributed by atoms with Crippen molar-refractivity contribution in [3.63, 3.8) is 0 Å². The van der Waals surface area contributed by atoms with Gasteiger partial charge >= 0.3 is 0 Å². The lowest BCUT2D eigenvalue weighted by atomic mass is 9.95. The highest BCUT2D eigenvalue weighted by molar-refractivity contribution is 6.46. The number of ketones is 1. The molecule has 0 spiro atoms. The van der Waals surface area contributed by atoms with Crippen LogP contribution >= 0.6 is 0 Å². The van der Waals surface area contributed by atoms with Crippen molar-refractivity contribution in [3.05, 3.63) is 84.0 Å². The third-order valence-electron chi connectivity index (χ3n) is 6.02. The number of amides is 1. The van der Waals surface area contributed by atoms with Gasteiger partial charge in [-0.3, -0.25) is 9.59 Å². The van der Waals surface area contributed by atoms with Gasteiger partial charge < -0.3 is 24.0 Å². The van der Waals surface area contributed by atoms with Crippen molar-refractivity contribution < 1.29 is 24.2 Å². The summed E-state index contributed by atoms with van der Waals surface area (Å²) in [5.74, 6) is -0.146. The standard InChI is InChI=1S/C28H31N3O5/c1-3-18-36-23-10-6-20(7-11-23)25-24(26(32)21-8-12-22(13-9-21)35-4-2)27(33)28(34)31(25)16-5-15-30-17-14-29-19-30/h6-14,17,19,25,32H,3-5,15-16,18H2,1-2H3/b26-24+/t25-/m1/s1. The summed E-state index contributed by atoms with van der Waals surface area (Å²) < 4.78 is 13.1. The van der Waals surface area contributed by atoms with Gasteiger partial charge in [0.15, 0.2) is 0 Å². The zero-order valence-electron chi connectivity index (χ0n) is 20.6. The van der Waals surface area contributed by atoms with Crippen molar-refractivity contribution in [2.45, 2.75) is 39.3 Å². The van der Waals surface area contributed by atoms with Gasteiger partial charge in [0.1, 0.15) is 17.3 Å². The van der Waals surface area contributed by atoms with Crippen molar-refractivity contribution in [1.29, 1.82) is 0 Å². The summed E-state index contributed by atoms with van der Waals surface area (Å²) >= 11 is 0. The molecule has 4 rings (SSSR count). The highest BCUT2D eigenvalue weighted by atomic mass is 16.5. The maximum atomic E-state index is 13.2. The van der Waals surface area contributed by atoms with Crippen molar-refractivity contribution in [2.75, 3.05) is 19.8 Å². The average molecular weight is 490 g/mol. The molecule has 2 aromatic carbocycles. The average Bonchev–Trinajstić information content (AvgIpc) is 3.50. The first-order valence-corrected chi connectivity index (χ1v) is 12.2. The van der Waals surface area contributed by atoms with Crippen LogP contribution in [0.4, 0.5) is 0 Å². The van der Waals surface area contributed by atoms with Gasteiger partial charge in [0.25, 0.3) is 11.7 Å². The van der Waals surface area contributed by atoms with E-state index < -0.39 is 17.7 Å². The minimum absolute atomic E-state index is 0.0778. The molecule has 0 saturated carbocycles. The second kappa shape index (κ2) is 11.6. The fourth-order valence-corrected chi connectivity index (χ4v) is 4.30. The van der Waals surface area contributed by atoms with Crippen LogP contribution in [0.25, 0.3) is 5.76 Å². The first-order valence-electron chi connectivity index (χ1n) is 12.2. The summed E-state index contributed by atoms with van der Waals surface area (Å²) in [7, 11) is 0. The number of hydrogen-bond acceptors (Lipinski definition) is 6. The number of aromatic nitrogens is 2. The van der Waals surface area contributed by atoms with Crippen molar-refractivity contribution in [3.8, 4) is 11.5 Å². The smallest absolute Gasteiger partial charge is 0.295 e. The van der Waals surface area contributed by atoms with E-state index in [-0.39, 0.29) is 11.3 Å². The van der Waals surface area contributed by atoms with Crippen LogP contribution < -0.4 is 9.47 Å². The van der Waals surface area contributed by atoms with E-state index in [0.29, 0.717) is 49.8 Å². The number of imidazole rings is 1. The Labute approximate surface area is 210 Å². The van der Waals surface area contributed by atoms with E-state index in [1.54, 1.807) is 41.7 Å². The first-order chi connectivity index (χ1) is 17.5. The van der Waals surface area contributed by atoms with Crippen molar-refractivity contribution >= 4 is 17.4 Å². The molecule has 1 aliphatic rings. The van der Waals surface area contributed by atoms with Gasteiger partial charge in [-0.1, -0.05) is 19.1 Å². The molecule has 1 saturated heterocycles. The van der Waals surface area contributed by atoms with Crippen molar-refractivity contribution in [2.24, 2.45) is 0 Å². The predicted molar refractivity (Wildman–Crippen MR) is 136 cm³/mol. The normalized spacial score (nSPS) is 16.9. The van der Waals surface area contributed by atoms with Crippen LogP contribution in [0.3, 0.4) is 0 Å². The molecule has 0 unspecified atom stereocenters. The van der Waals surface area contributed by atoms with E-state index in [1.165, 1.54) is 0 Å². The number of aliphatic hydroxyl groups is 1. The van der Waals surface area contributed by atoms with E-state index in [0.717, 1.165) is 12.0 Å². The maximum absolute atomic E-state index is 13.2. The van der Waals surface area contributed by atoms with Gasteiger partial charge in [0.2, 0.25) is 0 Å². The Balaban J connectivity index is 1.68. The van der Waals surface area contributed by atoms with Crippen LogP contribution in [-0.2, 0) is 16.1 Å². The minimum atomic E-state index is -0.709. The fraction of sp³-hybridized carbons (Fsp3) is 0.321. The van der Waals surface area contributed by atoms with E-state index in [4.69, 9.17) is 9.47 Å². The van der Waals surface area contributed by atoms with Crippen LogP contribution in [0.1, 0.15) is 43.9 Å². The zero-order chi connectivity index (χ0) is 25.5. The number of aryl methyl sites for hydroxylation is 1.